The molecule has 1 saturated carbocycles. The van der Waals surface area contributed by atoms with Gasteiger partial charge in [0.15, 0.2) is 5.13 Å². The number of rotatable bonds is 5. The smallest absolute Gasteiger partial charge is 0.233 e. The lowest BCUT2D eigenvalue weighted by atomic mass is 9.85. The van der Waals surface area contributed by atoms with E-state index in [1.54, 1.807) is 0 Å². The van der Waals surface area contributed by atoms with Crippen molar-refractivity contribution < 1.29 is 9.53 Å². The van der Waals surface area contributed by atoms with E-state index in [4.69, 9.17) is 10.5 Å². The summed E-state index contributed by atoms with van der Waals surface area (Å²) in [4.78, 5) is 17.0. The Morgan fingerprint density at radius 2 is 2.23 bits per heavy atom. The van der Waals surface area contributed by atoms with Crippen molar-refractivity contribution in [1.82, 2.24) is 4.98 Å². The minimum Gasteiger partial charge on any atom is -0.494 e. The van der Waals surface area contributed by atoms with Gasteiger partial charge in [-0.2, -0.15) is 0 Å². The quantitative estimate of drug-likeness (QED) is 0.887. The summed E-state index contributed by atoms with van der Waals surface area (Å²) in [6.07, 6.45) is 3.88. The van der Waals surface area contributed by atoms with Gasteiger partial charge in [-0.25, -0.2) is 4.98 Å². The molecule has 0 radical (unpaired) electrons. The Balaban J connectivity index is 1.80. The molecule has 0 spiro atoms. The van der Waals surface area contributed by atoms with Crippen molar-refractivity contribution in [2.45, 2.75) is 32.6 Å². The van der Waals surface area contributed by atoms with E-state index >= 15 is 0 Å². The van der Waals surface area contributed by atoms with Gasteiger partial charge in [0.05, 0.1) is 22.2 Å². The number of benzene rings is 1. The van der Waals surface area contributed by atoms with Gasteiger partial charge < -0.3 is 15.8 Å². The van der Waals surface area contributed by atoms with Gasteiger partial charge in [0.25, 0.3) is 0 Å². The van der Waals surface area contributed by atoms with Crippen molar-refractivity contribution in [3.63, 3.8) is 0 Å². The average Bonchev–Trinajstić information content (AvgIpc) is 3.13. The number of carbonyl (C=O) groups is 1. The summed E-state index contributed by atoms with van der Waals surface area (Å²) < 4.78 is 6.50. The summed E-state index contributed by atoms with van der Waals surface area (Å²) in [6, 6.07) is 5.77. The highest BCUT2D eigenvalue weighted by atomic mass is 32.1. The number of nitrogens with two attached hydrogens (primary N) is 1. The van der Waals surface area contributed by atoms with Crippen molar-refractivity contribution >= 4 is 32.6 Å². The molecule has 3 N–H and O–H groups in total. The first kappa shape index (κ1) is 15.2. The number of anilines is 1. The van der Waals surface area contributed by atoms with Gasteiger partial charge in [-0.15, -0.1) is 0 Å². The zero-order chi connectivity index (χ0) is 15.6. The second-order valence-corrected chi connectivity index (χ2v) is 6.76. The number of ether oxygens (including phenoxy) is 1. The number of hydrogen-bond acceptors (Lipinski definition) is 5. The molecule has 118 valence electrons. The second kappa shape index (κ2) is 6.22. The normalized spacial score (nSPS) is 16.8. The molecule has 0 bridgehead atoms. The average molecular weight is 319 g/mol. The van der Waals surface area contributed by atoms with E-state index in [0.717, 1.165) is 41.6 Å². The highest BCUT2D eigenvalue weighted by Gasteiger charge is 2.40. The lowest BCUT2D eigenvalue weighted by Gasteiger charge is -2.24. The molecule has 1 heterocycles. The first-order valence-electron chi connectivity index (χ1n) is 7.72. The molecule has 5 nitrogen and oxygen atoms in total. The van der Waals surface area contributed by atoms with E-state index in [1.807, 2.05) is 25.1 Å². The Kier molecular flexibility index (Phi) is 4.31. The van der Waals surface area contributed by atoms with Gasteiger partial charge in [0, 0.05) is 6.54 Å². The number of carbonyl (C=O) groups excluding carboxylic acids is 1. The molecule has 3 rings (SSSR count). The third-order valence-corrected chi connectivity index (χ3v) is 5.26. The summed E-state index contributed by atoms with van der Waals surface area (Å²) in [6.45, 7) is 2.99. The Morgan fingerprint density at radius 1 is 1.45 bits per heavy atom. The van der Waals surface area contributed by atoms with E-state index in [9.17, 15) is 4.79 Å². The highest BCUT2D eigenvalue weighted by Crippen LogP contribution is 2.39. The van der Waals surface area contributed by atoms with E-state index in [1.165, 1.54) is 11.3 Å². The third-order valence-electron chi connectivity index (χ3n) is 4.32. The van der Waals surface area contributed by atoms with E-state index in [0.29, 0.717) is 18.3 Å². The molecule has 1 aromatic heterocycles. The SMILES string of the molecule is CCOc1ccc2nc(NC(=O)C3(CN)CCCC3)sc2c1. The fourth-order valence-corrected chi connectivity index (χ4v) is 3.91. The largest absolute Gasteiger partial charge is 0.494 e. The van der Waals surface area contributed by atoms with Crippen LogP contribution in [-0.4, -0.2) is 24.0 Å². The summed E-state index contributed by atoms with van der Waals surface area (Å²) in [7, 11) is 0. The van der Waals surface area contributed by atoms with Crippen molar-refractivity contribution in [3.05, 3.63) is 18.2 Å². The van der Waals surface area contributed by atoms with Gasteiger partial charge in [-0.1, -0.05) is 24.2 Å². The monoisotopic (exact) mass is 319 g/mol. The number of nitrogens with one attached hydrogen (secondary N) is 1. The highest BCUT2D eigenvalue weighted by molar-refractivity contribution is 7.22. The summed E-state index contributed by atoms with van der Waals surface area (Å²) >= 11 is 1.47. The number of hydrogen-bond donors (Lipinski definition) is 2. The van der Waals surface area contributed by atoms with E-state index in [-0.39, 0.29) is 5.91 Å². The molecular formula is C16H21N3O2S. The van der Waals surface area contributed by atoms with Crippen LogP contribution >= 0.6 is 11.3 Å². The Bertz CT molecular complexity index is 677. The minimum atomic E-state index is -0.408. The molecule has 0 atom stereocenters. The predicted octanol–water partition coefficient (Wildman–Crippen LogP) is 3.15. The number of aromatic nitrogens is 1. The van der Waals surface area contributed by atoms with Gasteiger partial charge in [0.2, 0.25) is 5.91 Å². The van der Waals surface area contributed by atoms with Crippen LogP contribution in [0.4, 0.5) is 5.13 Å². The van der Waals surface area contributed by atoms with Gasteiger partial charge >= 0.3 is 0 Å². The number of amides is 1. The zero-order valence-electron chi connectivity index (χ0n) is 12.7. The molecule has 1 amide bonds. The van der Waals surface area contributed by atoms with Crippen molar-refractivity contribution in [2.24, 2.45) is 11.1 Å². The van der Waals surface area contributed by atoms with Crippen LogP contribution < -0.4 is 15.8 Å². The fourth-order valence-electron chi connectivity index (χ4n) is 3.02. The van der Waals surface area contributed by atoms with Crippen LogP contribution in [0.25, 0.3) is 10.2 Å². The van der Waals surface area contributed by atoms with Crippen molar-refractivity contribution in [3.8, 4) is 5.75 Å². The van der Waals surface area contributed by atoms with Crippen LogP contribution in [0.2, 0.25) is 0 Å². The van der Waals surface area contributed by atoms with E-state index < -0.39 is 5.41 Å². The molecular weight excluding hydrogens is 298 g/mol. The van der Waals surface area contributed by atoms with Crippen LogP contribution in [0.3, 0.4) is 0 Å². The molecule has 6 heteroatoms. The van der Waals surface area contributed by atoms with Crippen molar-refractivity contribution in [2.75, 3.05) is 18.5 Å². The predicted molar refractivity (Wildman–Crippen MR) is 89.4 cm³/mol. The maximum atomic E-state index is 12.6. The Labute approximate surface area is 133 Å². The molecule has 2 aromatic rings. The van der Waals surface area contributed by atoms with Gasteiger partial charge in [-0.3, -0.25) is 4.79 Å². The summed E-state index contributed by atoms with van der Waals surface area (Å²) in [5, 5.41) is 3.60. The van der Waals surface area contributed by atoms with Crippen molar-refractivity contribution in [1.29, 1.82) is 0 Å². The lowest BCUT2D eigenvalue weighted by Crippen LogP contribution is -2.40. The lowest BCUT2D eigenvalue weighted by molar-refractivity contribution is -0.124. The minimum absolute atomic E-state index is 0.0107. The number of fused-ring (bicyclic) bond motifs is 1. The topological polar surface area (TPSA) is 77.2 Å². The maximum absolute atomic E-state index is 12.6. The first-order valence-corrected chi connectivity index (χ1v) is 8.53. The van der Waals surface area contributed by atoms with Crippen LogP contribution in [0.15, 0.2) is 18.2 Å². The molecule has 1 fully saturated rings. The zero-order valence-corrected chi connectivity index (χ0v) is 13.5. The Morgan fingerprint density at radius 3 is 2.91 bits per heavy atom. The summed E-state index contributed by atoms with van der Waals surface area (Å²) in [5.41, 5.74) is 6.32. The molecule has 0 unspecified atom stereocenters. The summed E-state index contributed by atoms with van der Waals surface area (Å²) in [5.74, 6) is 0.835. The molecule has 0 aliphatic heterocycles. The second-order valence-electron chi connectivity index (χ2n) is 5.73. The maximum Gasteiger partial charge on any atom is 0.233 e. The van der Waals surface area contributed by atoms with Crippen LogP contribution in [0.1, 0.15) is 32.6 Å². The molecule has 1 aliphatic carbocycles. The van der Waals surface area contributed by atoms with E-state index in [2.05, 4.69) is 10.3 Å². The molecule has 1 aliphatic rings. The fraction of sp³-hybridized carbons (Fsp3) is 0.500. The standard InChI is InChI=1S/C16H21N3O2S/c1-2-21-11-5-6-12-13(9-11)22-15(18-12)19-14(20)16(10-17)7-3-4-8-16/h5-6,9H,2-4,7-8,10,17H2,1H3,(H,18,19,20). The third kappa shape index (κ3) is 2.80. The number of nitrogens with zero attached hydrogens (tertiary/aromatic N) is 1. The first-order chi connectivity index (χ1) is 10.7. The van der Waals surface area contributed by atoms with Gasteiger partial charge in [-0.05, 0) is 38.0 Å². The van der Waals surface area contributed by atoms with Gasteiger partial charge in [0.1, 0.15) is 5.75 Å². The van der Waals surface area contributed by atoms with Crippen LogP contribution in [0, 0.1) is 5.41 Å². The molecule has 0 saturated heterocycles. The molecule has 22 heavy (non-hydrogen) atoms. The van der Waals surface area contributed by atoms with Crippen LogP contribution in [-0.2, 0) is 4.79 Å². The van der Waals surface area contributed by atoms with Crippen LogP contribution in [0.5, 0.6) is 5.75 Å². The Hall–Kier alpha value is -1.66. The number of thiazole rings is 1. The molecule has 1 aromatic carbocycles.